The topological polar surface area (TPSA) is 26.3 Å². The molecule has 18 heavy (non-hydrogen) atoms. The number of hydrogen-bond acceptors (Lipinski definition) is 2. The lowest BCUT2D eigenvalue weighted by molar-refractivity contribution is 0.103. The molecule has 0 aliphatic heterocycles. The van der Waals surface area contributed by atoms with E-state index in [2.05, 4.69) is 0 Å². The van der Waals surface area contributed by atoms with E-state index in [0.29, 0.717) is 16.9 Å². The number of aryl methyl sites for hydroxylation is 1. The van der Waals surface area contributed by atoms with Crippen LogP contribution in [-0.4, -0.2) is 12.9 Å². The second kappa shape index (κ2) is 5.00. The van der Waals surface area contributed by atoms with E-state index in [1.54, 1.807) is 18.2 Å². The third-order valence-electron chi connectivity index (χ3n) is 2.69. The van der Waals surface area contributed by atoms with E-state index in [0.717, 1.165) is 5.56 Å². The van der Waals surface area contributed by atoms with Crippen molar-refractivity contribution in [1.82, 2.24) is 0 Å². The predicted octanol–water partition coefficient (Wildman–Crippen LogP) is 3.37. The highest BCUT2D eigenvalue weighted by Gasteiger charge is 2.14. The number of rotatable bonds is 3. The first-order valence-corrected chi connectivity index (χ1v) is 5.56. The number of hydrogen-bond donors (Lipinski definition) is 0. The van der Waals surface area contributed by atoms with E-state index in [1.807, 2.05) is 13.0 Å². The Bertz CT molecular complexity index is 591. The van der Waals surface area contributed by atoms with Crippen molar-refractivity contribution in [3.05, 3.63) is 65.0 Å². The highest BCUT2D eigenvalue weighted by molar-refractivity contribution is 6.10. The molecule has 0 aliphatic carbocycles. The number of carbonyl (C=O) groups excluding carboxylic acids is 1. The van der Waals surface area contributed by atoms with Gasteiger partial charge in [-0.1, -0.05) is 18.2 Å². The van der Waals surface area contributed by atoms with Crippen LogP contribution in [-0.2, 0) is 0 Å². The first kappa shape index (κ1) is 12.3. The minimum Gasteiger partial charge on any atom is -0.496 e. The van der Waals surface area contributed by atoms with E-state index in [4.69, 9.17) is 4.74 Å². The van der Waals surface area contributed by atoms with Crippen LogP contribution in [0.5, 0.6) is 5.75 Å². The monoisotopic (exact) mass is 244 g/mol. The molecule has 0 heterocycles. The lowest BCUT2D eigenvalue weighted by Gasteiger charge is -2.08. The molecule has 0 radical (unpaired) electrons. The molecular formula is C15H13FO2. The molecule has 0 saturated carbocycles. The van der Waals surface area contributed by atoms with Crippen LogP contribution in [0.1, 0.15) is 21.5 Å². The Morgan fingerprint density at radius 2 is 1.94 bits per heavy atom. The van der Waals surface area contributed by atoms with Crippen molar-refractivity contribution >= 4 is 5.78 Å². The highest BCUT2D eigenvalue weighted by atomic mass is 19.1. The molecule has 0 atom stereocenters. The maximum Gasteiger partial charge on any atom is 0.196 e. The van der Waals surface area contributed by atoms with Gasteiger partial charge in [0.05, 0.1) is 12.7 Å². The molecule has 0 bridgehead atoms. The number of ketones is 1. The second-order valence-electron chi connectivity index (χ2n) is 4.04. The SMILES string of the molecule is COc1cc(C)ccc1C(=O)c1cccc(F)c1. The average molecular weight is 244 g/mol. The summed E-state index contributed by atoms with van der Waals surface area (Å²) in [5.74, 6) is -0.164. The fraction of sp³-hybridized carbons (Fsp3) is 0.133. The quantitative estimate of drug-likeness (QED) is 0.774. The fourth-order valence-electron chi connectivity index (χ4n) is 1.77. The van der Waals surface area contributed by atoms with Crippen molar-refractivity contribution < 1.29 is 13.9 Å². The van der Waals surface area contributed by atoms with E-state index >= 15 is 0 Å². The molecule has 2 rings (SSSR count). The molecule has 3 heteroatoms. The number of benzene rings is 2. The summed E-state index contributed by atoms with van der Waals surface area (Å²) in [6.07, 6.45) is 0. The fourth-order valence-corrected chi connectivity index (χ4v) is 1.77. The molecule has 0 aliphatic rings. The molecule has 0 aromatic heterocycles. The van der Waals surface area contributed by atoms with Crippen LogP contribution in [0.2, 0.25) is 0 Å². The highest BCUT2D eigenvalue weighted by Crippen LogP contribution is 2.23. The van der Waals surface area contributed by atoms with Crippen LogP contribution in [0.25, 0.3) is 0 Å². The molecule has 0 amide bonds. The van der Waals surface area contributed by atoms with Gasteiger partial charge in [-0.15, -0.1) is 0 Å². The summed E-state index contributed by atoms with van der Waals surface area (Å²) in [7, 11) is 1.51. The lowest BCUT2D eigenvalue weighted by Crippen LogP contribution is -2.04. The van der Waals surface area contributed by atoms with E-state index in [1.165, 1.54) is 25.3 Å². The van der Waals surface area contributed by atoms with Crippen LogP contribution < -0.4 is 4.74 Å². The number of ether oxygens (including phenoxy) is 1. The van der Waals surface area contributed by atoms with E-state index < -0.39 is 5.82 Å². The van der Waals surface area contributed by atoms with Gasteiger partial charge in [0.2, 0.25) is 0 Å². The Kier molecular flexibility index (Phi) is 3.42. The van der Waals surface area contributed by atoms with Crippen molar-refractivity contribution in [1.29, 1.82) is 0 Å². The molecule has 2 nitrogen and oxygen atoms in total. The summed E-state index contributed by atoms with van der Waals surface area (Å²) in [4.78, 5) is 12.2. The number of carbonyl (C=O) groups is 1. The average Bonchev–Trinajstić information content (AvgIpc) is 2.37. The third-order valence-corrected chi connectivity index (χ3v) is 2.69. The smallest absolute Gasteiger partial charge is 0.196 e. The van der Waals surface area contributed by atoms with Gasteiger partial charge in [-0.2, -0.15) is 0 Å². The van der Waals surface area contributed by atoms with Gasteiger partial charge in [-0.05, 0) is 36.8 Å². The molecular weight excluding hydrogens is 231 g/mol. The van der Waals surface area contributed by atoms with Crippen molar-refractivity contribution in [3.8, 4) is 5.75 Å². The summed E-state index contributed by atoms with van der Waals surface area (Å²) < 4.78 is 18.3. The zero-order valence-electron chi connectivity index (χ0n) is 10.2. The van der Waals surface area contributed by atoms with Gasteiger partial charge in [-0.25, -0.2) is 4.39 Å². The third kappa shape index (κ3) is 2.40. The molecule has 0 saturated heterocycles. The van der Waals surface area contributed by atoms with Crippen LogP contribution in [0.3, 0.4) is 0 Å². The van der Waals surface area contributed by atoms with Gasteiger partial charge in [0.15, 0.2) is 5.78 Å². The summed E-state index contributed by atoms with van der Waals surface area (Å²) in [6, 6.07) is 10.9. The van der Waals surface area contributed by atoms with Crippen molar-refractivity contribution in [2.45, 2.75) is 6.92 Å². The first-order chi connectivity index (χ1) is 8.61. The standard InChI is InChI=1S/C15H13FO2/c1-10-6-7-13(14(8-10)18-2)15(17)11-4-3-5-12(16)9-11/h3-9H,1-2H3. The van der Waals surface area contributed by atoms with E-state index in [9.17, 15) is 9.18 Å². The Morgan fingerprint density at radius 3 is 2.61 bits per heavy atom. The minimum absolute atomic E-state index is 0.244. The Labute approximate surface area is 105 Å². The maximum absolute atomic E-state index is 13.1. The Hall–Kier alpha value is -2.16. The maximum atomic E-state index is 13.1. The Morgan fingerprint density at radius 1 is 1.17 bits per heavy atom. The van der Waals surface area contributed by atoms with Crippen molar-refractivity contribution in [2.24, 2.45) is 0 Å². The van der Waals surface area contributed by atoms with E-state index in [-0.39, 0.29) is 5.78 Å². The predicted molar refractivity (Wildman–Crippen MR) is 67.6 cm³/mol. The molecule has 0 unspecified atom stereocenters. The molecule has 0 spiro atoms. The summed E-state index contributed by atoms with van der Waals surface area (Å²) in [5.41, 5.74) is 1.76. The second-order valence-corrected chi connectivity index (χ2v) is 4.04. The summed E-state index contributed by atoms with van der Waals surface area (Å²) >= 11 is 0. The van der Waals surface area contributed by atoms with Gasteiger partial charge in [-0.3, -0.25) is 4.79 Å². The molecule has 0 N–H and O–H groups in total. The van der Waals surface area contributed by atoms with Gasteiger partial charge >= 0.3 is 0 Å². The lowest BCUT2D eigenvalue weighted by atomic mass is 10.0. The normalized spacial score (nSPS) is 10.2. The molecule has 0 fully saturated rings. The van der Waals surface area contributed by atoms with Crippen molar-refractivity contribution in [3.63, 3.8) is 0 Å². The molecule has 2 aromatic rings. The van der Waals surface area contributed by atoms with Crippen LogP contribution in [0.15, 0.2) is 42.5 Å². The zero-order valence-corrected chi connectivity index (χ0v) is 10.2. The molecule has 92 valence electrons. The largest absolute Gasteiger partial charge is 0.496 e. The van der Waals surface area contributed by atoms with Crippen LogP contribution in [0, 0.1) is 12.7 Å². The summed E-state index contributed by atoms with van der Waals surface area (Å²) in [6.45, 7) is 1.92. The number of methoxy groups -OCH3 is 1. The molecule has 2 aromatic carbocycles. The van der Waals surface area contributed by atoms with Gasteiger partial charge < -0.3 is 4.74 Å². The zero-order chi connectivity index (χ0) is 13.1. The van der Waals surface area contributed by atoms with Gasteiger partial charge in [0, 0.05) is 5.56 Å². The van der Waals surface area contributed by atoms with Gasteiger partial charge in [0.25, 0.3) is 0 Å². The van der Waals surface area contributed by atoms with Crippen molar-refractivity contribution in [2.75, 3.05) is 7.11 Å². The van der Waals surface area contributed by atoms with Gasteiger partial charge in [0.1, 0.15) is 11.6 Å². The number of halogens is 1. The minimum atomic E-state index is -0.424. The van der Waals surface area contributed by atoms with Crippen LogP contribution in [0.4, 0.5) is 4.39 Å². The summed E-state index contributed by atoms with van der Waals surface area (Å²) in [5, 5.41) is 0. The van der Waals surface area contributed by atoms with Crippen LogP contribution >= 0.6 is 0 Å². The Balaban J connectivity index is 2.46. The first-order valence-electron chi connectivity index (χ1n) is 5.56.